The molecule has 106 valence electrons. The molecule has 2 rings (SSSR count). The second-order valence-electron chi connectivity index (χ2n) is 4.90. The van der Waals surface area contributed by atoms with Gasteiger partial charge >= 0.3 is 0 Å². The van der Waals surface area contributed by atoms with Crippen molar-refractivity contribution in [3.63, 3.8) is 0 Å². The maximum atomic E-state index is 12.3. The molecule has 0 saturated carbocycles. The van der Waals surface area contributed by atoms with Crippen molar-refractivity contribution in [1.29, 1.82) is 0 Å². The SMILES string of the molecule is COc1cccc(C(=O)Cc2ccn(C(C)C)n2)c1N. The van der Waals surface area contributed by atoms with E-state index >= 15 is 0 Å². The van der Waals surface area contributed by atoms with E-state index in [0.717, 1.165) is 5.69 Å². The zero-order valence-corrected chi connectivity index (χ0v) is 12.0. The number of hydrogen-bond donors (Lipinski definition) is 1. The van der Waals surface area contributed by atoms with Crippen LogP contribution in [0.15, 0.2) is 30.5 Å². The van der Waals surface area contributed by atoms with Crippen LogP contribution >= 0.6 is 0 Å². The van der Waals surface area contributed by atoms with Gasteiger partial charge in [0.15, 0.2) is 5.78 Å². The number of rotatable bonds is 5. The van der Waals surface area contributed by atoms with Gasteiger partial charge < -0.3 is 10.5 Å². The second kappa shape index (κ2) is 5.77. The van der Waals surface area contributed by atoms with Crippen molar-refractivity contribution >= 4 is 11.5 Å². The molecule has 0 unspecified atom stereocenters. The Hall–Kier alpha value is -2.30. The van der Waals surface area contributed by atoms with Crippen LogP contribution in [-0.2, 0) is 6.42 Å². The van der Waals surface area contributed by atoms with Crippen LogP contribution < -0.4 is 10.5 Å². The number of anilines is 1. The molecule has 0 bridgehead atoms. The fourth-order valence-electron chi connectivity index (χ4n) is 1.98. The molecule has 1 aromatic carbocycles. The summed E-state index contributed by atoms with van der Waals surface area (Å²) in [4.78, 5) is 12.3. The summed E-state index contributed by atoms with van der Waals surface area (Å²) in [5.41, 5.74) is 7.53. The molecule has 2 N–H and O–H groups in total. The predicted octanol–water partition coefficient (Wildman–Crippen LogP) is 2.48. The first-order valence-electron chi connectivity index (χ1n) is 6.52. The monoisotopic (exact) mass is 273 g/mol. The molecule has 0 spiro atoms. The number of methoxy groups -OCH3 is 1. The van der Waals surface area contributed by atoms with E-state index in [-0.39, 0.29) is 18.2 Å². The number of ether oxygens (including phenoxy) is 1. The molecular weight excluding hydrogens is 254 g/mol. The zero-order chi connectivity index (χ0) is 14.7. The third-order valence-corrected chi connectivity index (χ3v) is 3.12. The molecule has 0 saturated heterocycles. The molecule has 1 aromatic heterocycles. The minimum Gasteiger partial charge on any atom is -0.495 e. The largest absolute Gasteiger partial charge is 0.495 e. The van der Waals surface area contributed by atoms with Crippen molar-refractivity contribution in [2.75, 3.05) is 12.8 Å². The van der Waals surface area contributed by atoms with Gasteiger partial charge in [0.05, 0.1) is 24.9 Å². The van der Waals surface area contributed by atoms with Crippen LogP contribution in [0.4, 0.5) is 5.69 Å². The molecule has 20 heavy (non-hydrogen) atoms. The molecule has 0 radical (unpaired) electrons. The second-order valence-corrected chi connectivity index (χ2v) is 4.90. The summed E-state index contributed by atoms with van der Waals surface area (Å²) in [6, 6.07) is 7.34. The highest BCUT2D eigenvalue weighted by atomic mass is 16.5. The molecule has 2 aromatic rings. The number of nitrogens with two attached hydrogens (primary N) is 1. The zero-order valence-electron chi connectivity index (χ0n) is 12.0. The maximum absolute atomic E-state index is 12.3. The van der Waals surface area contributed by atoms with E-state index in [1.165, 1.54) is 7.11 Å². The van der Waals surface area contributed by atoms with Crippen LogP contribution in [0.5, 0.6) is 5.75 Å². The molecule has 0 aliphatic rings. The van der Waals surface area contributed by atoms with Gasteiger partial charge in [-0.05, 0) is 32.0 Å². The summed E-state index contributed by atoms with van der Waals surface area (Å²) in [5.74, 6) is 0.457. The standard InChI is InChI=1S/C15H19N3O2/c1-10(2)18-8-7-11(17-18)9-13(19)12-5-4-6-14(20-3)15(12)16/h4-8,10H,9,16H2,1-3H3. The van der Waals surface area contributed by atoms with Gasteiger partial charge in [0, 0.05) is 17.8 Å². The molecule has 5 nitrogen and oxygen atoms in total. The Bertz CT molecular complexity index is 617. The van der Waals surface area contributed by atoms with Crippen molar-refractivity contribution in [3.05, 3.63) is 41.7 Å². The van der Waals surface area contributed by atoms with Crippen LogP contribution in [0, 0.1) is 0 Å². The average molecular weight is 273 g/mol. The first-order valence-corrected chi connectivity index (χ1v) is 6.52. The number of hydrogen-bond acceptors (Lipinski definition) is 4. The molecule has 1 heterocycles. The third kappa shape index (κ3) is 2.82. The Morgan fingerprint density at radius 3 is 2.75 bits per heavy atom. The number of carbonyl (C=O) groups is 1. The number of nitrogen functional groups attached to an aromatic ring is 1. The van der Waals surface area contributed by atoms with E-state index in [0.29, 0.717) is 17.0 Å². The predicted molar refractivity (Wildman–Crippen MR) is 78.1 cm³/mol. The lowest BCUT2D eigenvalue weighted by Crippen LogP contribution is -2.09. The van der Waals surface area contributed by atoms with E-state index in [1.807, 2.05) is 30.8 Å². The number of carbonyl (C=O) groups excluding carboxylic acids is 1. The van der Waals surface area contributed by atoms with Gasteiger partial charge in [-0.1, -0.05) is 6.07 Å². The molecule has 0 fully saturated rings. The number of ketones is 1. The van der Waals surface area contributed by atoms with Crippen molar-refractivity contribution in [1.82, 2.24) is 9.78 Å². The van der Waals surface area contributed by atoms with Gasteiger partial charge in [0.25, 0.3) is 0 Å². The molecule has 0 aliphatic carbocycles. The van der Waals surface area contributed by atoms with Gasteiger partial charge in [-0.25, -0.2) is 0 Å². The maximum Gasteiger partial charge on any atom is 0.171 e. The first-order chi connectivity index (χ1) is 9.52. The Labute approximate surface area is 118 Å². The third-order valence-electron chi connectivity index (χ3n) is 3.12. The summed E-state index contributed by atoms with van der Waals surface area (Å²) in [6.45, 7) is 4.08. The molecule has 5 heteroatoms. The van der Waals surface area contributed by atoms with Crippen molar-refractivity contribution in [2.45, 2.75) is 26.3 Å². The Morgan fingerprint density at radius 2 is 2.15 bits per heavy atom. The fraction of sp³-hybridized carbons (Fsp3) is 0.333. The lowest BCUT2D eigenvalue weighted by molar-refractivity contribution is 0.0992. The van der Waals surface area contributed by atoms with E-state index in [4.69, 9.17) is 10.5 Å². The van der Waals surface area contributed by atoms with Crippen molar-refractivity contribution in [3.8, 4) is 5.75 Å². The number of Topliss-reactive ketones (excluding diaryl/α,β-unsaturated/α-hetero) is 1. The van der Waals surface area contributed by atoms with Gasteiger partial charge in [0.1, 0.15) is 5.75 Å². The van der Waals surface area contributed by atoms with Gasteiger partial charge in [-0.2, -0.15) is 5.10 Å². The van der Waals surface area contributed by atoms with Gasteiger partial charge in [-0.3, -0.25) is 9.48 Å². The molecule has 0 aliphatic heterocycles. The van der Waals surface area contributed by atoms with Crippen LogP contribution in [0.1, 0.15) is 35.9 Å². The topological polar surface area (TPSA) is 70.1 Å². The van der Waals surface area contributed by atoms with Crippen LogP contribution in [0.25, 0.3) is 0 Å². The smallest absolute Gasteiger partial charge is 0.171 e. The normalized spacial score (nSPS) is 10.8. The molecule has 0 amide bonds. The lowest BCUT2D eigenvalue weighted by Gasteiger charge is -2.08. The number of benzene rings is 1. The van der Waals surface area contributed by atoms with Crippen LogP contribution in [0.2, 0.25) is 0 Å². The Balaban J connectivity index is 2.19. The van der Waals surface area contributed by atoms with E-state index in [1.54, 1.807) is 18.2 Å². The average Bonchev–Trinajstić information content (AvgIpc) is 2.87. The van der Waals surface area contributed by atoms with E-state index < -0.39 is 0 Å². The van der Waals surface area contributed by atoms with E-state index in [2.05, 4.69) is 5.10 Å². The number of aromatic nitrogens is 2. The highest BCUT2D eigenvalue weighted by Gasteiger charge is 2.15. The van der Waals surface area contributed by atoms with E-state index in [9.17, 15) is 4.79 Å². The Kier molecular flexibility index (Phi) is 4.08. The minimum absolute atomic E-state index is 0.0598. The first kappa shape index (κ1) is 14.1. The fourth-order valence-corrected chi connectivity index (χ4v) is 1.98. The molecule has 0 atom stereocenters. The lowest BCUT2D eigenvalue weighted by atomic mass is 10.0. The number of nitrogens with zero attached hydrogens (tertiary/aromatic N) is 2. The highest BCUT2D eigenvalue weighted by Crippen LogP contribution is 2.25. The summed E-state index contributed by atoms with van der Waals surface area (Å²) < 4.78 is 6.96. The molecular formula is C15H19N3O2. The van der Waals surface area contributed by atoms with Crippen molar-refractivity contribution in [2.24, 2.45) is 0 Å². The quantitative estimate of drug-likeness (QED) is 0.671. The summed E-state index contributed by atoms with van der Waals surface area (Å²) in [6.07, 6.45) is 2.11. The van der Waals surface area contributed by atoms with Crippen LogP contribution in [-0.4, -0.2) is 22.7 Å². The summed E-state index contributed by atoms with van der Waals surface area (Å²) >= 11 is 0. The Morgan fingerprint density at radius 1 is 1.40 bits per heavy atom. The summed E-state index contributed by atoms with van der Waals surface area (Å²) in [7, 11) is 1.53. The summed E-state index contributed by atoms with van der Waals surface area (Å²) in [5, 5.41) is 4.37. The van der Waals surface area contributed by atoms with Gasteiger partial charge in [-0.15, -0.1) is 0 Å². The van der Waals surface area contributed by atoms with Crippen LogP contribution in [0.3, 0.4) is 0 Å². The highest BCUT2D eigenvalue weighted by molar-refractivity contribution is 6.02. The van der Waals surface area contributed by atoms with Crippen molar-refractivity contribution < 1.29 is 9.53 Å². The minimum atomic E-state index is -0.0598. The number of para-hydroxylation sites is 1. The van der Waals surface area contributed by atoms with Gasteiger partial charge in [0.2, 0.25) is 0 Å².